The average Bonchev–Trinajstić information content (AvgIpc) is 3.36. The summed E-state index contributed by atoms with van der Waals surface area (Å²) in [7, 11) is 0. The maximum absolute atomic E-state index is 13.2. The smallest absolute Gasteiger partial charge is 0.325 e. The Morgan fingerprint density at radius 2 is 2.04 bits per heavy atom. The molecule has 0 aliphatic carbocycles. The molecule has 0 saturated carbocycles. The first-order chi connectivity index (χ1) is 13.5. The van der Waals surface area contributed by atoms with E-state index in [1.807, 2.05) is 35.9 Å². The molecule has 8 heteroatoms. The number of hydrogen-bond donors (Lipinski definition) is 1. The van der Waals surface area contributed by atoms with Crippen LogP contribution in [0.5, 0.6) is 11.5 Å². The largest absolute Gasteiger partial charge is 0.454 e. The molecule has 0 unspecified atom stereocenters. The summed E-state index contributed by atoms with van der Waals surface area (Å²) in [6.07, 6.45) is 3.72. The molecule has 2 aliphatic rings. The molecule has 0 radical (unpaired) electrons. The molecule has 1 fully saturated rings. The van der Waals surface area contributed by atoms with Crippen molar-refractivity contribution in [2.45, 2.75) is 25.9 Å². The predicted octanol–water partition coefficient (Wildman–Crippen LogP) is 2.34. The molecule has 8 nitrogen and oxygen atoms in total. The van der Waals surface area contributed by atoms with Crippen molar-refractivity contribution in [3.63, 3.8) is 0 Å². The van der Waals surface area contributed by atoms with Gasteiger partial charge in [-0.15, -0.1) is 0 Å². The van der Waals surface area contributed by atoms with Crippen molar-refractivity contribution in [2.75, 3.05) is 6.79 Å². The first-order valence-electron chi connectivity index (χ1n) is 8.93. The van der Waals surface area contributed by atoms with Crippen molar-refractivity contribution in [1.82, 2.24) is 19.6 Å². The van der Waals surface area contributed by atoms with Crippen molar-refractivity contribution in [3.8, 4) is 11.5 Å². The van der Waals surface area contributed by atoms with Crippen molar-refractivity contribution in [3.05, 3.63) is 59.5 Å². The molecular formula is C20H18N4O4. The Labute approximate surface area is 160 Å². The van der Waals surface area contributed by atoms with Crippen LogP contribution in [0.1, 0.15) is 23.7 Å². The molecule has 0 spiro atoms. The van der Waals surface area contributed by atoms with Gasteiger partial charge in [-0.2, -0.15) is 0 Å². The zero-order valence-corrected chi connectivity index (χ0v) is 15.4. The van der Waals surface area contributed by atoms with Gasteiger partial charge in [-0.3, -0.25) is 9.69 Å². The summed E-state index contributed by atoms with van der Waals surface area (Å²) in [4.78, 5) is 31.5. The average molecular weight is 378 g/mol. The zero-order valence-electron chi connectivity index (χ0n) is 15.4. The van der Waals surface area contributed by atoms with Gasteiger partial charge in [0.1, 0.15) is 11.2 Å². The number of imidazole rings is 1. The molecule has 0 bridgehead atoms. The monoisotopic (exact) mass is 378 g/mol. The summed E-state index contributed by atoms with van der Waals surface area (Å²) in [5, 5.41) is 2.81. The molecule has 3 aromatic rings. The quantitative estimate of drug-likeness (QED) is 0.707. The van der Waals surface area contributed by atoms with Crippen LogP contribution in [0.2, 0.25) is 0 Å². The van der Waals surface area contributed by atoms with E-state index in [-0.39, 0.29) is 19.2 Å². The molecular weight excluding hydrogens is 360 g/mol. The first-order valence-corrected chi connectivity index (χ1v) is 8.93. The highest BCUT2D eigenvalue weighted by molar-refractivity contribution is 6.07. The van der Waals surface area contributed by atoms with Gasteiger partial charge in [-0.1, -0.05) is 12.1 Å². The lowest BCUT2D eigenvalue weighted by Crippen LogP contribution is -2.40. The van der Waals surface area contributed by atoms with E-state index in [1.165, 1.54) is 4.90 Å². The van der Waals surface area contributed by atoms with Crippen LogP contribution in [0.4, 0.5) is 4.79 Å². The van der Waals surface area contributed by atoms with Crippen molar-refractivity contribution in [2.24, 2.45) is 0 Å². The topological polar surface area (TPSA) is 85.2 Å². The summed E-state index contributed by atoms with van der Waals surface area (Å²) in [6.45, 7) is 3.91. The van der Waals surface area contributed by atoms with Crippen LogP contribution < -0.4 is 14.8 Å². The van der Waals surface area contributed by atoms with Gasteiger partial charge in [0.2, 0.25) is 6.79 Å². The van der Waals surface area contributed by atoms with Gasteiger partial charge in [0, 0.05) is 12.4 Å². The van der Waals surface area contributed by atoms with Gasteiger partial charge in [-0.05, 0) is 43.2 Å². The summed E-state index contributed by atoms with van der Waals surface area (Å²) in [5.74, 6) is 0.862. The third kappa shape index (κ3) is 2.34. The number of nitrogens with zero attached hydrogens (tertiary/aromatic N) is 3. The molecule has 1 saturated heterocycles. The summed E-state index contributed by atoms with van der Waals surface area (Å²) in [6, 6.07) is 8.70. The summed E-state index contributed by atoms with van der Waals surface area (Å²) in [5.41, 5.74) is 1.95. The van der Waals surface area contributed by atoms with E-state index in [2.05, 4.69) is 10.3 Å². The number of pyridine rings is 1. The molecule has 1 N–H and O–H groups in total. The number of carbonyl (C=O) groups excluding carboxylic acids is 2. The maximum atomic E-state index is 13.2. The summed E-state index contributed by atoms with van der Waals surface area (Å²) >= 11 is 0. The Morgan fingerprint density at radius 1 is 1.21 bits per heavy atom. The van der Waals surface area contributed by atoms with E-state index < -0.39 is 11.6 Å². The van der Waals surface area contributed by atoms with E-state index in [0.29, 0.717) is 22.8 Å². The Bertz CT molecular complexity index is 1140. The number of imide groups is 1. The fourth-order valence-corrected chi connectivity index (χ4v) is 3.69. The molecule has 142 valence electrons. The van der Waals surface area contributed by atoms with Gasteiger partial charge in [0.15, 0.2) is 11.5 Å². The van der Waals surface area contributed by atoms with Gasteiger partial charge < -0.3 is 19.2 Å². The molecule has 2 aromatic heterocycles. The number of hydrogen-bond acceptors (Lipinski definition) is 5. The van der Waals surface area contributed by atoms with E-state index in [0.717, 1.165) is 11.2 Å². The van der Waals surface area contributed by atoms with Gasteiger partial charge in [0.05, 0.1) is 12.2 Å². The van der Waals surface area contributed by atoms with Crippen LogP contribution in [0, 0.1) is 6.92 Å². The van der Waals surface area contributed by atoms with Crippen LogP contribution in [-0.2, 0) is 16.9 Å². The minimum atomic E-state index is -1.17. The van der Waals surface area contributed by atoms with Crippen LogP contribution in [0.15, 0.2) is 42.7 Å². The number of urea groups is 1. The van der Waals surface area contributed by atoms with Crippen molar-refractivity contribution < 1.29 is 19.1 Å². The minimum Gasteiger partial charge on any atom is -0.454 e. The SMILES string of the molecule is Cc1cccn2cc(CN3C(=O)N[C@@](C)(c4ccc5c(c4)OCO5)C3=O)nc12. The van der Waals surface area contributed by atoms with E-state index in [4.69, 9.17) is 9.47 Å². The van der Waals surface area contributed by atoms with E-state index >= 15 is 0 Å². The number of benzene rings is 1. The Hall–Kier alpha value is -3.55. The van der Waals surface area contributed by atoms with Crippen LogP contribution in [0.3, 0.4) is 0 Å². The molecule has 4 heterocycles. The number of aryl methyl sites for hydroxylation is 1. The standard InChI is InChI=1S/C20H18N4O4/c1-12-4-3-7-23-9-14(21-17(12)23)10-24-18(25)20(2,22-19(24)26)13-5-6-15-16(8-13)28-11-27-15/h3-9H,10-11H2,1-2H3,(H,22,26)/t20-/m0/s1. The maximum Gasteiger partial charge on any atom is 0.325 e. The van der Waals surface area contributed by atoms with Gasteiger partial charge >= 0.3 is 6.03 Å². The lowest BCUT2D eigenvalue weighted by molar-refractivity contribution is -0.131. The second-order valence-corrected chi connectivity index (χ2v) is 7.17. The van der Waals surface area contributed by atoms with Gasteiger partial charge in [0.25, 0.3) is 5.91 Å². The molecule has 5 rings (SSSR count). The van der Waals surface area contributed by atoms with Crippen LogP contribution in [0.25, 0.3) is 5.65 Å². The summed E-state index contributed by atoms with van der Waals surface area (Å²) < 4.78 is 12.6. The number of aromatic nitrogens is 2. The normalized spacial score (nSPS) is 20.9. The van der Waals surface area contributed by atoms with Crippen LogP contribution in [-0.4, -0.2) is 33.0 Å². The molecule has 28 heavy (non-hydrogen) atoms. The van der Waals surface area contributed by atoms with E-state index in [9.17, 15) is 9.59 Å². The lowest BCUT2D eigenvalue weighted by Gasteiger charge is -2.22. The molecule has 2 aliphatic heterocycles. The lowest BCUT2D eigenvalue weighted by atomic mass is 9.91. The zero-order chi connectivity index (χ0) is 19.5. The fourth-order valence-electron chi connectivity index (χ4n) is 3.69. The number of fused-ring (bicyclic) bond motifs is 2. The van der Waals surface area contributed by atoms with Crippen LogP contribution >= 0.6 is 0 Å². The first kappa shape index (κ1) is 16.6. The van der Waals surface area contributed by atoms with Crippen molar-refractivity contribution >= 4 is 17.6 Å². The number of carbonyl (C=O) groups is 2. The molecule has 1 atom stereocenters. The number of amides is 3. The Morgan fingerprint density at radius 3 is 2.86 bits per heavy atom. The van der Waals surface area contributed by atoms with Crippen molar-refractivity contribution in [1.29, 1.82) is 0 Å². The van der Waals surface area contributed by atoms with E-state index in [1.54, 1.807) is 25.1 Å². The highest BCUT2D eigenvalue weighted by atomic mass is 16.7. The Kier molecular flexibility index (Phi) is 3.39. The third-order valence-electron chi connectivity index (χ3n) is 5.27. The second kappa shape index (κ2) is 5.72. The Balaban J connectivity index is 1.46. The third-order valence-corrected chi connectivity index (χ3v) is 5.27. The second-order valence-electron chi connectivity index (χ2n) is 7.17. The number of ether oxygens (including phenoxy) is 2. The predicted molar refractivity (Wildman–Crippen MR) is 98.9 cm³/mol. The fraction of sp³-hybridized carbons (Fsp3) is 0.250. The number of rotatable bonds is 3. The van der Waals surface area contributed by atoms with Gasteiger partial charge in [-0.25, -0.2) is 9.78 Å². The molecule has 1 aromatic carbocycles. The highest BCUT2D eigenvalue weighted by Gasteiger charge is 2.49. The molecule has 3 amide bonds. The minimum absolute atomic E-state index is 0.103. The highest BCUT2D eigenvalue weighted by Crippen LogP contribution is 2.38. The number of nitrogens with one attached hydrogen (secondary N) is 1.